The van der Waals surface area contributed by atoms with Gasteiger partial charge >= 0.3 is 0 Å². The first kappa shape index (κ1) is 34.7. The van der Waals surface area contributed by atoms with E-state index in [1.807, 2.05) is 72.8 Å². The van der Waals surface area contributed by atoms with Gasteiger partial charge in [0.05, 0.1) is 22.5 Å². The molecule has 0 bridgehead atoms. The predicted molar refractivity (Wildman–Crippen MR) is 217 cm³/mol. The van der Waals surface area contributed by atoms with Crippen molar-refractivity contribution in [2.24, 2.45) is 0 Å². The minimum absolute atomic E-state index is 0.0306. The second kappa shape index (κ2) is 12.9. The Morgan fingerprint density at radius 1 is 0.593 bits per heavy atom. The fourth-order valence-corrected chi connectivity index (χ4v) is 8.14. The van der Waals surface area contributed by atoms with E-state index >= 15 is 0 Å². The molecule has 0 saturated carbocycles. The maximum absolute atomic E-state index is 13.6. The average molecular weight is 749 g/mol. The van der Waals surface area contributed by atoms with Crippen molar-refractivity contribution >= 4 is 79.6 Å². The summed E-state index contributed by atoms with van der Waals surface area (Å²) in [5, 5.41) is 6.66. The minimum atomic E-state index is -4.76. The van der Waals surface area contributed by atoms with Gasteiger partial charge in [0.15, 0.2) is 11.6 Å². The number of nitrogens with two attached hydrogens (primary N) is 2. The molecule has 7 N–H and O–H groups in total. The lowest BCUT2D eigenvalue weighted by Crippen LogP contribution is -2.20. The number of fused-ring (bicyclic) bond motifs is 4. The van der Waals surface area contributed by atoms with Crippen LogP contribution in [-0.4, -0.2) is 24.5 Å². The molecule has 0 saturated heterocycles. The van der Waals surface area contributed by atoms with E-state index in [-0.39, 0.29) is 22.7 Å². The molecule has 0 atom stereocenters. The Morgan fingerprint density at radius 3 is 1.44 bits per heavy atom. The van der Waals surface area contributed by atoms with Gasteiger partial charge in [-0.1, -0.05) is 86.0 Å². The maximum Gasteiger partial charge on any atom is 0.296 e. The highest BCUT2D eigenvalue weighted by molar-refractivity contribution is 7.86. The lowest BCUT2D eigenvalue weighted by atomic mass is 9.80. The molecule has 0 radical (unpaired) electrons. The molecule has 9 nitrogen and oxygen atoms in total. The Hall–Kier alpha value is -6.40. The quantitative estimate of drug-likeness (QED) is 0.0532. The zero-order valence-electron chi connectivity index (χ0n) is 28.6. The van der Waals surface area contributed by atoms with Crippen molar-refractivity contribution in [3.05, 3.63) is 178 Å². The van der Waals surface area contributed by atoms with Crippen LogP contribution in [0.2, 0.25) is 0 Å². The number of hydrogen-bond donors (Lipinski definition) is 6. The Balaban J connectivity index is 1.03. The smallest absolute Gasteiger partial charge is 0.296 e. The van der Waals surface area contributed by atoms with Gasteiger partial charge in [0, 0.05) is 49.9 Å². The molecule has 0 spiro atoms. The normalized spacial score (nSPS) is 13.1. The van der Waals surface area contributed by atoms with E-state index in [2.05, 4.69) is 36.4 Å². The minimum Gasteiger partial charge on any atom is -0.397 e. The first-order valence-corrected chi connectivity index (χ1v) is 18.7. The number of nitrogens with one attached hydrogen (secondary N) is 2. The lowest BCUT2D eigenvalue weighted by molar-refractivity contribution is 0.103. The summed E-state index contributed by atoms with van der Waals surface area (Å²) in [6.07, 6.45) is 0.618. The second-order valence-corrected chi connectivity index (χ2v) is 15.1. The summed E-state index contributed by atoms with van der Waals surface area (Å²) in [6.45, 7) is 8.52. The third-order valence-corrected chi connectivity index (χ3v) is 11.1. The highest BCUT2D eigenvalue weighted by Gasteiger charge is 2.34. The monoisotopic (exact) mass is 748 g/mol. The van der Waals surface area contributed by atoms with Crippen LogP contribution in [0.5, 0.6) is 0 Å². The van der Waals surface area contributed by atoms with E-state index in [4.69, 9.17) is 11.5 Å². The molecule has 0 amide bonds. The van der Waals surface area contributed by atoms with Gasteiger partial charge in [-0.3, -0.25) is 14.1 Å². The molecule has 0 fully saturated rings. The molecule has 0 heterocycles. The number of carbonyl (C=O) groups excluding carboxylic acids is 2. The fraction of sp³-hybridized carbons (Fsp3) is 0.0233. The molecule has 11 heteroatoms. The highest BCUT2D eigenvalue weighted by Crippen LogP contribution is 2.46. The summed E-state index contributed by atoms with van der Waals surface area (Å²) < 4.78 is 34.7. The van der Waals surface area contributed by atoms with Crippen LogP contribution in [0, 0.1) is 0 Å². The van der Waals surface area contributed by atoms with Crippen molar-refractivity contribution in [3.8, 4) is 0 Å². The maximum atomic E-state index is 13.6. The van der Waals surface area contributed by atoms with Crippen LogP contribution in [-0.2, 0) is 16.5 Å². The summed E-state index contributed by atoms with van der Waals surface area (Å²) in [7, 11) is -4.76. The van der Waals surface area contributed by atoms with Crippen LogP contribution in [0.3, 0.4) is 0 Å². The molecule has 2 aliphatic rings. The van der Waals surface area contributed by atoms with Gasteiger partial charge in [-0.05, 0) is 76.2 Å². The van der Waals surface area contributed by atoms with Crippen LogP contribution >= 0.6 is 12.6 Å². The van der Waals surface area contributed by atoms with E-state index in [1.165, 1.54) is 6.07 Å². The third kappa shape index (κ3) is 5.75. The standard InChI is InChI=1S/C43H32N4O5S2/c1-22-28-7-3-5-9-30(28)42(48)38-36(22)32(20-34(53)40(38)44)46-26-15-11-24(12-16-26)19-25-13-17-27(18-14-25)47-33-21-35(54(50,51)52)41(45)39-37(33)23(2)29-8-4-6-10-31(29)43(39)49/h3-18,20-21,46-47,53H,1-2,19,44-45H2,(H,50,51,52). The van der Waals surface area contributed by atoms with Gasteiger partial charge < -0.3 is 22.1 Å². The molecule has 6 aromatic rings. The molecular formula is C43H32N4O5S2. The summed E-state index contributed by atoms with van der Waals surface area (Å²) in [4.78, 5) is 27.0. The van der Waals surface area contributed by atoms with Gasteiger partial charge in [-0.15, -0.1) is 12.6 Å². The van der Waals surface area contributed by atoms with Crippen molar-refractivity contribution < 1.29 is 22.6 Å². The number of benzene rings is 6. The summed E-state index contributed by atoms with van der Waals surface area (Å²) in [5.41, 5.74) is 21.8. The van der Waals surface area contributed by atoms with E-state index in [1.54, 1.807) is 30.3 Å². The molecule has 8 rings (SSSR count). The van der Waals surface area contributed by atoms with Gasteiger partial charge in [0.25, 0.3) is 10.1 Å². The van der Waals surface area contributed by atoms with Gasteiger partial charge in [0.2, 0.25) is 0 Å². The number of hydrogen-bond acceptors (Lipinski definition) is 9. The lowest BCUT2D eigenvalue weighted by Gasteiger charge is -2.26. The zero-order chi connectivity index (χ0) is 38.1. The second-order valence-electron chi connectivity index (χ2n) is 13.2. The Kier molecular flexibility index (Phi) is 8.30. The number of anilines is 6. The SMILES string of the molecule is C=C1c2ccccc2C(=O)c2c(N)c(S)cc(Nc3ccc(Cc4ccc(Nc5cc(S(=O)(=O)O)c(N)c6c5C(=C)c5ccccc5C6=O)cc4)cc3)c21. The molecule has 0 aromatic heterocycles. The molecule has 6 aromatic carbocycles. The Morgan fingerprint density at radius 2 is 1.00 bits per heavy atom. The molecule has 266 valence electrons. The van der Waals surface area contributed by atoms with E-state index in [0.29, 0.717) is 72.9 Å². The van der Waals surface area contributed by atoms with Crippen molar-refractivity contribution in [1.82, 2.24) is 0 Å². The molecule has 54 heavy (non-hydrogen) atoms. The molecule has 0 unspecified atom stereocenters. The number of ketones is 2. The largest absolute Gasteiger partial charge is 0.397 e. The number of carbonyl (C=O) groups is 2. The van der Waals surface area contributed by atoms with E-state index < -0.39 is 20.8 Å². The van der Waals surface area contributed by atoms with Crippen molar-refractivity contribution in [1.29, 1.82) is 0 Å². The van der Waals surface area contributed by atoms with E-state index in [0.717, 1.165) is 22.4 Å². The van der Waals surface area contributed by atoms with Crippen molar-refractivity contribution in [2.45, 2.75) is 16.2 Å². The Labute approximate surface area is 317 Å². The van der Waals surface area contributed by atoms with Gasteiger partial charge in [0.1, 0.15) is 4.90 Å². The third-order valence-electron chi connectivity index (χ3n) is 9.88. The van der Waals surface area contributed by atoms with Crippen LogP contribution in [0.25, 0.3) is 11.1 Å². The van der Waals surface area contributed by atoms with Crippen LogP contribution in [0.15, 0.2) is 132 Å². The predicted octanol–water partition coefficient (Wildman–Crippen LogP) is 8.68. The number of rotatable bonds is 7. The number of thiol groups is 1. The molecule has 0 aliphatic heterocycles. The average Bonchev–Trinajstić information content (AvgIpc) is 3.16. The first-order valence-electron chi connectivity index (χ1n) is 16.8. The molecule has 2 aliphatic carbocycles. The topological polar surface area (TPSA) is 165 Å². The van der Waals surface area contributed by atoms with Crippen LogP contribution in [0.4, 0.5) is 34.1 Å². The van der Waals surface area contributed by atoms with Crippen LogP contribution in [0.1, 0.15) is 65.2 Å². The van der Waals surface area contributed by atoms with Crippen molar-refractivity contribution in [3.63, 3.8) is 0 Å². The van der Waals surface area contributed by atoms with Crippen LogP contribution < -0.4 is 22.1 Å². The summed E-state index contributed by atoms with van der Waals surface area (Å²) in [6, 6.07) is 32.8. The summed E-state index contributed by atoms with van der Waals surface area (Å²) in [5.74, 6) is -0.621. The molecular weight excluding hydrogens is 717 g/mol. The fourth-order valence-electron chi connectivity index (χ4n) is 7.25. The van der Waals surface area contributed by atoms with Crippen molar-refractivity contribution in [2.75, 3.05) is 22.1 Å². The van der Waals surface area contributed by atoms with Gasteiger partial charge in [-0.2, -0.15) is 8.42 Å². The Bertz CT molecular complexity index is 2760. The first-order chi connectivity index (χ1) is 25.8. The van der Waals surface area contributed by atoms with Gasteiger partial charge in [-0.25, -0.2) is 0 Å². The zero-order valence-corrected chi connectivity index (χ0v) is 30.3. The highest BCUT2D eigenvalue weighted by atomic mass is 32.2. The van der Waals surface area contributed by atoms with E-state index in [9.17, 15) is 22.6 Å². The summed E-state index contributed by atoms with van der Waals surface area (Å²) >= 11 is 4.57. The number of nitrogen functional groups attached to an aromatic ring is 2.